The molecule has 3 rings (SSSR count). The highest BCUT2D eigenvalue weighted by atomic mass is 16.5. The molecule has 3 nitrogen and oxygen atoms in total. The fourth-order valence-corrected chi connectivity index (χ4v) is 3.08. The van der Waals surface area contributed by atoms with Gasteiger partial charge in [-0.25, -0.2) is 9.98 Å². The Hall–Kier alpha value is -2.42. The molecule has 1 aromatic carbocycles. The molecule has 0 N–H and O–H groups in total. The van der Waals surface area contributed by atoms with Gasteiger partial charge in [0.2, 0.25) is 5.90 Å². The van der Waals surface area contributed by atoms with Crippen molar-refractivity contribution in [3.05, 3.63) is 59.9 Å². The number of pyridine rings is 1. The monoisotopic (exact) mass is 362 g/mol. The Morgan fingerprint density at radius 2 is 1.70 bits per heavy atom. The molecule has 0 fully saturated rings. The Kier molecular flexibility index (Phi) is 4.98. The van der Waals surface area contributed by atoms with E-state index in [1.165, 1.54) is 5.56 Å². The van der Waals surface area contributed by atoms with Crippen LogP contribution in [0, 0.1) is 5.41 Å². The first kappa shape index (κ1) is 19.3. The fourth-order valence-electron chi connectivity index (χ4n) is 3.08. The molecule has 0 saturated heterocycles. The zero-order valence-electron chi connectivity index (χ0n) is 17.3. The van der Waals surface area contributed by atoms with Crippen LogP contribution in [0.15, 0.2) is 48.1 Å². The molecule has 0 amide bonds. The minimum Gasteiger partial charge on any atom is -0.474 e. The standard InChI is InChI=1S/C24H30N2O/c1-8-16-13-18(17-9-11-19(12-10-17)23(2,3)4)14-25-21(16)22-26-20(15-27-22)24(5,6)7/h8-14,20H,1,15H2,2-7H3. The second-order valence-electron chi connectivity index (χ2n) is 9.32. The van der Waals surface area contributed by atoms with Gasteiger partial charge in [-0.2, -0.15) is 0 Å². The summed E-state index contributed by atoms with van der Waals surface area (Å²) in [7, 11) is 0. The van der Waals surface area contributed by atoms with Gasteiger partial charge < -0.3 is 4.74 Å². The molecule has 3 heteroatoms. The summed E-state index contributed by atoms with van der Waals surface area (Å²) >= 11 is 0. The lowest BCUT2D eigenvalue weighted by atomic mass is 9.86. The van der Waals surface area contributed by atoms with Crippen molar-refractivity contribution in [2.24, 2.45) is 10.4 Å². The molecule has 142 valence electrons. The Labute approximate surface area is 163 Å². The molecular weight excluding hydrogens is 332 g/mol. The molecule has 2 aromatic rings. The van der Waals surface area contributed by atoms with Crippen LogP contribution in [-0.4, -0.2) is 23.5 Å². The number of aromatic nitrogens is 1. The SMILES string of the molecule is C=Cc1cc(-c2ccc(C(C)(C)C)cc2)cnc1C1=NC(C(C)(C)C)CO1. The normalized spacial score (nSPS) is 17.4. The molecule has 0 radical (unpaired) electrons. The molecule has 1 aliphatic heterocycles. The lowest BCUT2D eigenvalue weighted by Crippen LogP contribution is -2.25. The third-order valence-corrected chi connectivity index (χ3v) is 5.07. The van der Waals surface area contributed by atoms with Crippen molar-refractivity contribution in [1.82, 2.24) is 4.98 Å². The summed E-state index contributed by atoms with van der Waals surface area (Å²) < 4.78 is 5.86. The van der Waals surface area contributed by atoms with Crippen molar-refractivity contribution >= 4 is 12.0 Å². The van der Waals surface area contributed by atoms with Gasteiger partial charge in [-0.05, 0) is 28.0 Å². The third kappa shape index (κ3) is 4.13. The lowest BCUT2D eigenvalue weighted by molar-refractivity contribution is 0.235. The first-order valence-corrected chi connectivity index (χ1v) is 9.54. The van der Waals surface area contributed by atoms with Crippen molar-refractivity contribution in [3.63, 3.8) is 0 Å². The van der Waals surface area contributed by atoms with E-state index >= 15 is 0 Å². The van der Waals surface area contributed by atoms with E-state index in [-0.39, 0.29) is 16.9 Å². The largest absolute Gasteiger partial charge is 0.474 e. The number of ether oxygens (including phenoxy) is 1. The number of hydrogen-bond donors (Lipinski definition) is 0. The van der Waals surface area contributed by atoms with E-state index < -0.39 is 0 Å². The van der Waals surface area contributed by atoms with Gasteiger partial charge in [-0.1, -0.05) is 78.5 Å². The van der Waals surface area contributed by atoms with Gasteiger partial charge in [0.1, 0.15) is 12.3 Å². The summed E-state index contributed by atoms with van der Waals surface area (Å²) in [5, 5.41) is 0. The van der Waals surface area contributed by atoms with Gasteiger partial charge in [-0.3, -0.25) is 0 Å². The van der Waals surface area contributed by atoms with Gasteiger partial charge >= 0.3 is 0 Å². The highest BCUT2D eigenvalue weighted by Gasteiger charge is 2.31. The summed E-state index contributed by atoms with van der Waals surface area (Å²) in [6, 6.07) is 10.9. The van der Waals surface area contributed by atoms with Gasteiger partial charge in [-0.15, -0.1) is 0 Å². The van der Waals surface area contributed by atoms with E-state index in [1.807, 2.05) is 12.3 Å². The predicted octanol–water partition coefficient (Wildman–Crippen LogP) is 5.88. The second-order valence-corrected chi connectivity index (χ2v) is 9.32. The number of benzene rings is 1. The van der Waals surface area contributed by atoms with Crippen LogP contribution in [0.1, 0.15) is 58.4 Å². The van der Waals surface area contributed by atoms with Crippen molar-refractivity contribution in [3.8, 4) is 11.1 Å². The van der Waals surface area contributed by atoms with Gasteiger partial charge in [0.05, 0.1) is 6.04 Å². The maximum Gasteiger partial charge on any atom is 0.236 e. The zero-order valence-corrected chi connectivity index (χ0v) is 17.3. The van der Waals surface area contributed by atoms with E-state index in [1.54, 1.807) is 0 Å². The summed E-state index contributed by atoms with van der Waals surface area (Å²) in [5.74, 6) is 0.624. The summed E-state index contributed by atoms with van der Waals surface area (Å²) in [5.41, 5.74) is 5.47. The van der Waals surface area contributed by atoms with Crippen LogP contribution in [0.5, 0.6) is 0 Å². The predicted molar refractivity (Wildman–Crippen MR) is 114 cm³/mol. The van der Waals surface area contributed by atoms with Crippen molar-refractivity contribution in [2.75, 3.05) is 6.61 Å². The van der Waals surface area contributed by atoms with Crippen LogP contribution in [0.4, 0.5) is 0 Å². The number of aliphatic imine (C=N–C) groups is 1. The minimum absolute atomic E-state index is 0.0742. The van der Waals surface area contributed by atoms with Crippen LogP contribution < -0.4 is 0 Å². The molecule has 1 aliphatic rings. The van der Waals surface area contributed by atoms with Crippen molar-refractivity contribution in [2.45, 2.75) is 53.0 Å². The van der Waals surface area contributed by atoms with Gasteiger partial charge in [0, 0.05) is 17.3 Å². The molecule has 0 bridgehead atoms. The van der Waals surface area contributed by atoms with Crippen molar-refractivity contribution < 1.29 is 4.74 Å². The Morgan fingerprint density at radius 3 is 2.22 bits per heavy atom. The molecule has 0 aliphatic carbocycles. The molecule has 0 saturated carbocycles. The maximum atomic E-state index is 5.86. The highest BCUT2D eigenvalue weighted by molar-refractivity contribution is 5.97. The average molecular weight is 363 g/mol. The first-order valence-electron chi connectivity index (χ1n) is 9.54. The zero-order chi connectivity index (χ0) is 19.8. The molecule has 0 spiro atoms. The van der Waals surface area contributed by atoms with E-state index in [4.69, 9.17) is 9.73 Å². The summed E-state index contributed by atoms with van der Waals surface area (Å²) in [6.45, 7) is 17.8. The number of nitrogens with zero attached hydrogens (tertiary/aromatic N) is 2. The van der Waals surface area contributed by atoms with Crippen LogP contribution in [0.3, 0.4) is 0 Å². The van der Waals surface area contributed by atoms with E-state index in [0.717, 1.165) is 22.4 Å². The Bertz CT molecular complexity index is 865. The second kappa shape index (κ2) is 6.95. The summed E-state index contributed by atoms with van der Waals surface area (Å²) in [6.07, 6.45) is 3.72. The molecule has 27 heavy (non-hydrogen) atoms. The third-order valence-electron chi connectivity index (χ3n) is 5.07. The molecule has 1 unspecified atom stereocenters. The number of hydrogen-bond acceptors (Lipinski definition) is 3. The quantitative estimate of drug-likeness (QED) is 0.683. The first-order chi connectivity index (χ1) is 12.6. The molecule has 2 heterocycles. The van der Waals surface area contributed by atoms with Crippen molar-refractivity contribution in [1.29, 1.82) is 0 Å². The van der Waals surface area contributed by atoms with Crippen LogP contribution in [-0.2, 0) is 10.2 Å². The minimum atomic E-state index is 0.0742. The lowest BCUT2D eigenvalue weighted by Gasteiger charge is -2.21. The molecule has 1 atom stereocenters. The molecular formula is C24H30N2O. The Morgan fingerprint density at radius 1 is 1.04 bits per heavy atom. The maximum absolute atomic E-state index is 5.86. The van der Waals surface area contributed by atoms with Gasteiger partial charge in [0.25, 0.3) is 0 Å². The number of rotatable bonds is 3. The summed E-state index contributed by atoms with van der Waals surface area (Å²) in [4.78, 5) is 9.43. The van der Waals surface area contributed by atoms with Crippen LogP contribution >= 0.6 is 0 Å². The smallest absolute Gasteiger partial charge is 0.236 e. The van der Waals surface area contributed by atoms with Crippen LogP contribution in [0.25, 0.3) is 17.2 Å². The molecule has 1 aromatic heterocycles. The highest BCUT2D eigenvalue weighted by Crippen LogP contribution is 2.30. The average Bonchev–Trinajstić information content (AvgIpc) is 3.11. The van der Waals surface area contributed by atoms with E-state index in [0.29, 0.717) is 12.5 Å². The van der Waals surface area contributed by atoms with Gasteiger partial charge in [0.15, 0.2) is 0 Å². The van der Waals surface area contributed by atoms with Crippen LogP contribution in [0.2, 0.25) is 0 Å². The fraction of sp³-hybridized carbons (Fsp3) is 0.417. The van der Waals surface area contributed by atoms with E-state index in [2.05, 4.69) is 83.4 Å². The van der Waals surface area contributed by atoms with E-state index in [9.17, 15) is 0 Å². The Balaban J connectivity index is 1.93. The topological polar surface area (TPSA) is 34.5 Å².